The molecule has 1 aromatic carbocycles. The highest BCUT2D eigenvalue weighted by Crippen LogP contribution is 2.39. The van der Waals surface area contributed by atoms with E-state index in [-0.39, 0.29) is 6.42 Å². The molecule has 5 atom stereocenters. The molecule has 0 spiro atoms. The van der Waals surface area contributed by atoms with Crippen LogP contribution in [0.4, 0.5) is 5.82 Å². The molecule has 1 saturated heterocycles. The summed E-state index contributed by atoms with van der Waals surface area (Å²) < 4.78 is 28.5. The van der Waals surface area contributed by atoms with Crippen LogP contribution in [0.15, 0.2) is 36.9 Å². The van der Waals surface area contributed by atoms with Crippen LogP contribution >= 0.6 is 7.82 Å². The summed E-state index contributed by atoms with van der Waals surface area (Å²) in [5, 5.41) is 13.8. The van der Waals surface area contributed by atoms with Gasteiger partial charge in [-0.2, -0.15) is 0 Å². The number of methoxy groups -OCH3 is 1. The number of phosphoric ester groups is 1. The van der Waals surface area contributed by atoms with Crippen LogP contribution in [-0.4, -0.2) is 92.4 Å². The van der Waals surface area contributed by atoms with E-state index in [9.17, 15) is 24.3 Å². The lowest BCUT2D eigenvalue weighted by Gasteiger charge is -2.23. The Kier molecular flexibility index (Phi) is 8.28. The number of rotatable bonds is 10. The van der Waals surface area contributed by atoms with Crippen LogP contribution in [0.25, 0.3) is 11.2 Å². The number of aliphatic hydroxyl groups excluding tert-OH is 1. The van der Waals surface area contributed by atoms with E-state index in [1.54, 1.807) is 50.4 Å². The maximum atomic E-state index is 13.0. The molecule has 4 rings (SSSR count). The zero-order chi connectivity index (χ0) is 27.6. The summed E-state index contributed by atoms with van der Waals surface area (Å²) in [6.07, 6.45) is -0.675. The number of ether oxygens (including phenoxy) is 2. The molecular formula is C22H30N7O8P. The van der Waals surface area contributed by atoms with Gasteiger partial charge in [-0.1, -0.05) is 12.1 Å². The number of aliphatic hydroxyl groups is 1. The predicted molar refractivity (Wildman–Crippen MR) is 134 cm³/mol. The van der Waals surface area contributed by atoms with Crippen LogP contribution in [0.5, 0.6) is 5.75 Å². The number of nitrogens with zero attached hydrogens (tertiary/aromatic N) is 5. The number of benzene rings is 1. The van der Waals surface area contributed by atoms with Crippen molar-refractivity contribution in [1.29, 1.82) is 0 Å². The Bertz CT molecular complexity index is 1310. The van der Waals surface area contributed by atoms with Crippen LogP contribution < -0.4 is 20.7 Å². The van der Waals surface area contributed by atoms with E-state index < -0.39 is 50.9 Å². The molecule has 0 bridgehead atoms. The van der Waals surface area contributed by atoms with Crippen molar-refractivity contribution in [3.8, 4) is 5.75 Å². The quantitative estimate of drug-likeness (QED) is 0.198. The second-order valence-electron chi connectivity index (χ2n) is 8.95. The van der Waals surface area contributed by atoms with Gasteiger partial charge in [-0.25, -0.2) is 19.5 Å². The first-order valence-corrected chi connectivity index (χ1v) is 13.1. The fourth-order valence-corrected chi connectivity index (χ4v) is 4.54. The van der Waals surface area contributed by atoms with Crippen molar-refractivity contribution in [2.24, 2.45) is 5.73 Å². The topological polar surface area (TPSA) is 207 Å². The molecular weight excluding hydrogens is 521 g/mol. The van der Waals surface area contributed by atoms with Gasteiger partial charge in [0.1, 0.15) is 24.3 Å². The Balaban J connectivity index is 1.55. The highest BCUT2D eigenvalue weighted by molar-refractivity contribution is 7.46. The number of nitrogens with two attached hydrogens (primary N) is 1. The van der Waals surface area contributed by atoms with Crippen molar-refractivity contribution in [2.45, 2.75) is 36.9 Å². The molecule has 0 aliphatic carbocycles. The highest BCUT2D eigenvalue weighted by Gasteiger charge is 2.47. The van der Waals surface area contributed by atoms with Gasteiger partial charge in [-0.3, -0.25) is 13.9 Å². The third-order valence-electron chi connectivity index (χ3n) is 6.08. The monoisotopic (exact) mass is 551 g/mol. The lowest BCUT2D eigenvalue weighted by Crippen LogP contribution is -2.53. The molecule has 1 amide bonds. The number of imidazole rings is 1. The van der Waals surface area contributed by atoms with Crippen LogP contribution in [0.2, 0.25) is 0 Å². The van der Waals surface area contributed by atoms with Gasteiger partial charge in [0.05, 0.1) is 32.1 Å². The molecule has 0 radical (unpaired) electrons. The maximum absolute atomic E-state index is 13.0. The molecule has 16 heteroatoms. The van der Waals surface area contributed by atoms with Crippen LogP contribution in [0.3, 0.4) is 0 Å². The number of carbonyl (C=O) groups is 1. The van der Waals surface area contributed by atoms with E-state index in [1.807, 2.05) is 0 Å². The summed E-state index contributed by atoms with van der Waals surface area (Å²) in [4.78, 5) is 45.9. The Morgan fingerprint density at radius 3 is 2.61 bits per heavy atom. The van der Waals surface area contributed by atoms with E-state index in [0.717, 1.165) is 5.56 Å². The molecule has 1 fully saturated rings. The summed E-state index contributed by atoms with van der Waals surface area (Å²) >= 11 is 0. The largest absolute Gasteiger partial charge is 0.497 e. The predicted octanol–water partition coefficient (Wildman–Crippen LogP) is -0.677. The third-order valence-corrected chi connectivity index (χ3v) is 6.56. The maximum Gasteiger partial charge on any atom is 0.469 e. The second kappa shape index (κ2) is 11.3. The van der Waals surface area contributed by atoms with Gasteiger partial charge in [0.2, 0.25) is 5.91 Å². The first-order valence-electron chi connectivity index (χ1n) is 11.6. The normalized spacial score (nSPS) is 22.4. The Labute approximate surface area is 217 Å². The number of hydrogen-bond donors (Lipinski definition) is 5. The van der Waals surface area contributed by atoms with E-state index >= 15 is 0 Å². The number of aromatic nitrogens is 4. The zero-order valence-electron chi connectivity index (χ0n) is 20.9. The van der Waals surface area contributed by atoms with Gasteiger partial charge in [-0.15, -0.1) is 0 Å². The van der Waals surface area contributed by atoms with Crippen molar-refractivity contribution in [3.63, 3.8) is 0 Å². The Morgan fingerprint density at radius 1 is 1.26 bits per heavy atom. The minimum atomic E-state index is -4.86. The van der Waals surface area contributed by atoms with Crippen molar-refractivity contribution in [2.75, 3.05) is 32.7 Å². The van der Waals surface area contributed by atoms with Gasteiger partial charge < -0.3 is 40.3 Å². The van der Waals surface area contributed by atoms with E-state index in [4.69, 9.17) is 15.2 Å². The van der Waals surface area contributed by atoms with Crippen molar-refractivity contribution >= 4 is 30.7 Å². The minimum absolute atomic E-state index is 0.197. The van der Waals surface area contributed by atoms with Gasteiger partial charge in [0.25, 0.3) is 0 Å². The minimum Gasteiger partial charge on any atom is -0.497 e. The van der Waals surface area contributed by atoms with Gasteiger partial charge in [0.15, 0.2) is 23.2 Å². The molecule has 6 N–H and O–H groups in total. The molecule has 38 heavy (non-hydrogen) atoms. The van der Waals surface area contributed by atoms with Crippen LogP contribution in [-0.2, 0) is 25.0 Å². The summed E-state index contributed by atoms with van der Waals surface area (Å²) in [5.74, 6) is 0.604. The molecule has 3 aromatic rings. The van der Waals surface area contributed by atoms with Crippen LogP contribution in [0.1, 0.15) is 11.8 Å². The number of nitrogens with one attached hydrogen (secondary N) is 1. The van der Waals surface area contributed by atoms with E-state index in [2.05, 4.69) is 24.8 Å². The highest BCUT2D eigenvalue weighted by atomic mass is 31.2. The summed E-state index contributed by atoms with van der Waals surface area (Å²) in [7, 11) is 0.263. The Morgan fingerprint density at radius 2 is 1.97 bits per heavy atom. The van der Waals surface area contributed by atoms with Gasteiger partial charge in [-0.05, 0) is 24.1 Å². The number of phosphoric acid groups is 1. The molecule has 15 nitrogen and oxygen atoms in total. The summed E-state index contributed by atoms with van der Waals surface area (Å²) in [6, 6.07) is 4.95. The molecule has 2 aromatic heterocycles. The zero-order valence-corrected chi connectivity index (χ0v) is 21.8. The number of fused-ring (bicyclic) bond motifs is 1. The van der Waals surface area contributed by atoms with Crippen molar-refractivity contribution in [3.05, 3.63) is 42.5 Å². The molecule has 1 aliphatic rings. The second-order valence-corrected chi connectivity index (χ2v) is 10.2. The lowest BCUT2D eigenvalue weighted by molar-refractivity contribution is -0.124. The molecule has 0 unspecified atom stereocenters. The van der Waals surface area contributed by atoms with Crippen molar-refractivity contribution in [1.82, 2.24) is 24.8 Å². The van der Waals surface area contributed by atoms with Gasteiger partial charge in [0, 0.05) is 14.1 Å². The molecule has 3 heterocycles. The third kappa shape index (κ3) is 6.10. The smallest absolute Gasteiger partial charge is 0.469 e. The van der Waals surface area contributed by atoms with Crippen molar-refractivity contribution < 1.29 is 38.3 Å². The number of hydrogen-bond acceptors (Lipinski definition) is 11. The SMILES string of the molecule is COc1ccc(C[C@H](N)C(=O)N[C@H]2[C@@H](O)[C@H](n3cnc4c(N(C)C)ncnc43)O[C@@H]2COP(=O)(O)O)cc1. The number of amides is 1. The summed E-state index contributed by atoms with van der Waals surface area (Å²) in [5.41, 5.74) is 7.71. The number of anilines is 1. The summed E-state index contributed by atoms with van der Waals surface area (Å²) in [6.45, 7) is -0.610. The van der Waals surface area contributed by atoms with Gasteiger partial charge >= 0.3 is 7.82 Å². The number of carbonyl (C=O) groups excluding carboxylic acids is 1. The lowest BCUT2D eigenvalue weighted by atomic mass is 10.0. The Hall–Kier alpha value is -3.17. The fourth-order valence-electron chi connectivity index (χ4n) is 4.20. The standard InChI is InChI=1S/C22H30N7O8P/c1-28(2)19-17-20(25-10-24-19)29(11-26-17)22-18(30)16(15(37-22)9-36-38(32,33)34)27-21(31)14(23)8-12-4-6-13(35-3)7-5-12/h4-7,10-11,14-16,18,22,30H,8-9,23H2,1-3H3,(H,27,31)(H2,32,33,34)/t14-,15+,16+,18+,22+/m0/s1. The molecule has 0 saturated carbocycles. The average molecular weight is 551 g/mol. The van der Waals surface area contributed by atoms with E-state index in [1.165, 1.54) is 17.2 Å². The van der Waals surface area contributed by atoms with Crippen LogP contribution in [0, 0.1) is 0 Å². The first-order chi connectivity index (χ1) is 18.0. The fraction of sp³-hybridized carbons (Fsp3) is 0.455. The van der Waals surface area contributed by atoms with E-state index in [0.29, 0.717) is 22.7 Å². The molecule has 206 valence electrons. The molecule has 1 aliphatic heterocycles. The average Bonchev–Trinajstić information content (AvgIpc) is 3.43. The first kappa shape index (κ1) is 27.9.